The number of pyridine rings is 1. The van der Waals surface area contributed by atoms with Gasteiger partial charge in [-0.2, -0.15) is 5.10 Å². The first-order valence-electron chi connectivity index (χ1n) is 14.2. The molecule has 0 N–H and O–H groups in total. The minimum Gasteiger partial charge on any atom is -0.487 e. The normalized spacial score (nSPS) is 15.7. The van der Waals surface area contributed by atoms with Crippen molar-refractivity contribution in [2.24, 2.45) is 0 Å². The maximum atomic E-state index is 14.9. The van der Waals surface area contributed by atoms with Crippen molar-refractivity contribution in [2.75, 3.05) is 19.8 Å². The summed E-state index contributed by atoms with van der Waals surface area (Å²) in [4.78, 5) is 35.6. The fourth-order valence-electron chi connectivity index (χ4n) is 5.43. The fourth-order valence-corrected chi connectivity index (χ4v) is 5.43. The molecule has 2 aliphatic heterocycles. The molecule has 3 aromatic heterocycles. The fraction of sp³-hybridized carbons (Fsp3) is 0.387. The van der Waals surface area contributed by atoms with E-state index in [-0.39, 0.29) is 35.7 Å². The third-order valence-corrected chi connectivity index (χ3v) is 7.63. The number of fused-ring (bicyclic) bond motifs is 2. The number of carbonyl (C=O) groups excluding carboxylic acids is 2. The van der Waals surface area contributed by atoms with Crippen molar-refractivity contribution in [1.82, 2.24) is 24.5 Å². The standard InChI is InChI=1S/C31H31F2N5O4/c1-19(39)3-2-4-23-18-38-29(35-23)6-5-27(36-38)20-14-25-28(34-16-20)7-10-37(31(25)40)17-21-13-22(32)15-26(33)30(21)42-24-8-11-41-12-9-24/h5-6,13-16,18,24H,2-4,7-12,17H2,1H3. The van der Waals surface area contributed by atoms with Gasteiger partial charge in [0.1, 0.15) is 17.7 Å². The van der Waals surface area contributed by atoms with Gasteiger partial charge >= 0.3 is 0 Å². The molecule has 42 heavy (non-hydrogen) atoms. The largest absolute Gasteiger partial charge is 0.487 e. The van der Waals surface area contributed by atoms with E-state index in [1.807, 2.05) is 18.3 Å². The van der Waals surface area contributed by atoms with Crippen LogP contribution in [0.5, 0.6) is 5.75 Å². The van der Waals surface area contributed by atoms with Gasteiger partial charge in [-0.3, -0.25) is 9.78 Å². The number of nitrogens with zero attached hydrogens (tertiary/aromatic N) is 5. The number of amides is 1. The number of imidazole rings is 1. The summed E-state index contributed by atoms with van der Waals surface area (Å²) in [5.41, 5.74) is 4.20. The Balaban J connectivity index is 1.22. The lowest BCUT2D eigenvalue weighted by Crippen LogP contribution is -2.38. The smallest absolute Gasteiger partial charge is 0.256 e. The van der Waals surface area contributed by atoms with Crippen molar-refractivity contribution >= 4 is 17.3 Å². The lowest BCUT2D eigenvalue weighted by atomic mass is 10.0. The van der Waals surface area contributed by atoms with Gasteiger partial charge in [0.15, 0.2) is 17.2 Å². The van der Waals surface area contributed by atoms with E-state index in [2.05, 4.69) is 15.1 Å². The second kappa shape index (κ2) is 11.9. The van der Waals surface area contributed by atoms with Crippen LogP contribution in [-0.2, 0) is 28.9 Å². The van der Waals surface area contributed by atoms with Crippen LogP contribution in [0, 0.1) is 11.6 Å². The SMILES string of the molecule is CC(=O)CCCc1cn2nc(-c3cnc4c(c3)C(=O)N(Cc3cc(F)cc(F)c3OC3CCOCC3)CC4)ccc2n1. The molecule has 11 heteroatoms. The van der Waals surface area contributed by atoms with Gasteiger partial charge in [-0.05, 0) is 44.0 Å². The summed E-state index contributed by atoms with van der Waals surface area (Å²) in [6.07, 6.45) is 6.95. The molecule has 218 valence electrons. The van der Waals surface area contributed by atoms with Crippen LogP contribution in [0.3, 0.4) is 0 Å². The first kappa shape index (κ1) is 27.9. The predicted octanol–water partition coefficient (Wildman–Crippen LogP) is 4.74. The minimum absolute atomic E-state index is 0.00137. The summed E-state index contributed by atoms with van der Waals surface area (Å²) in [6.45, 7) is 2.98. The molecule has 0 unspecified atom stereocenters. The van der Waals surface area contributed by atoms with Crippen LogP contribution in [0.2, 0.25) is 0 Å². The van der Waals surface area contributed by atoms with E-state index < -0.39 is 11.6 Å². The van der Waals surface area contributed by atoms with Gasteiger partial charge in [0.2, 0.25) is 0 Å². The number of ether oxygens (including phenoxy) is 2. The van der Waals surface area contributed by atoms with Crippen LogP contribution >= 0.6 is 0 Å². The third-order valence-electron chi connectivity index (χ3n) is 7.63. The van der Waals surface area contributed by atoms with Crippen molar-refractivity contribution in [3.05, 3.63) is 76.9 Å². The maximum Gasteiger partial charge on any atom is 0.256 e. The van der Waals surface area contributed by atoms with Crippen LogP contribution in [0.1, 0.15) is 59.9 Å². The Morgan fingerprint density at radius 1 is 1.17 bits per heavy atom. The molecule has 1 saturated heterocycles. The molecular formula is C31H31F2N5O4. The summed E-state index contributed by atoms with van der Waals surface area (Å²) in [7, 11) is 0. The monoisotopic (exact) mass is 575 g/mol. The number of benzene rings is 1. The zero-order chi connectivity index (χ0) is 29.2. The number of aromatic nitrogens is 4. The third kappa shape index (κ3) is 6.01. The molecule has 1 amide bonds. The summed E-state index contributed by atoms with van der Waals surface area (Å²) in [6, 6.07) is 7.48. The van der Waals surface area contributed by atoms with Gasteiger partial charge in [0.25, 0.3) is 5.91 Å². The summed E-state index contributed by atoms with van der Waals surface area (Å²) in [5, 5.41) is 4.67. The van der Waals surface area contributed by atoms with Gasteiger partial charge < -0.3 is 19.2 Å². The highest BCUT2D eigenvalue weighted by Gasteiger charge is 2.29. The van der Waals surface area contributed by atoms with E-state index in [9.17, 15) is 18.4 Å². The Kier molecular flexibility index (Phi) is 7.92. The topological polar surface area (TPSA) is 98.9 Å². The first-order valence-corrected chi connectivity index (χ1v) is 14.2. The number of aryl methyl sites for hydroxylation is 1. The molecule has 2 aliphatic rings. The van der Waals surface area contributed by atoms with E-state index in [4.69, 9.17) is 9.47 Å². The summed E-state index contributed by atoms with van der Waals surface area (Å²) >= 11 is 0. The Morgan fingerprint density at radius 3 is 2.81 bits per heavy atom. The number of rotatable bonds is 9. The first-order chi connectivity index (χ1) is 20.3. The van der Waals surface area contributed by atoms with E-state index >= 15 is 0 Å². The molecule has 1 aromatic carbocycles. The molecule has 0 atom stereocenters. The van der Waals surface area contributed by atoms with Crippen molar-refractivity contribution in [3.63, 3.8) is 0 Å². The second-order valence-corrected chi connectivity index (χ2v) is 10.8. The Hall–Kier alpha value is -4.25. The van der Waals surface area contributed by atoms with Gasteiger partial charge in [0.05, 0.1) is 42.1 Å². The average Bonchev–Trinajstić information content (AvgIpc) is 3.38. The van der Waals surface area contributed by atoms with E-state index in [1.54, 1.807) is 28.6 Å². The van der Waals surface area contributed by atoms with Gasteiger partial charge in [-0.1, -0.05) is 0 Å². The Bertz CT molecular complexity index is 1650. The van der Waals surface area contributed by atoms with Crippen molar-refractivity contribution in [2.45, 2.75) is 58.1 Å². The van der Waals surface area contributed by atoms with Gasteiger partial charge in [0, 0.05) is 62.2 Å². The second-order valence-electron chi connectivity index (χ2n) is 10.8. The predicted molar refractivity (Wildman–Crippen MR) is 149 cm³/mol. The highest BCUT2D eigenvalue weighted by atomic mass is 19.1. The molecule has 0 saturated carbocycles. The highest BCUT2D eigenvalue weighted by molar-refractivity contribution is 5.97. The lowest BCUT2D eigenvalue weighted by Gasteiger charge is -2.30. The Morgan fingerprint density at radius 2 is 2.00 bits per heavy atom. The van der Waals surface area contributed by atoms with Gasteiger partial charge in [-0.25, -0.2) is 18.3 Å². The number of hydrogen-bond acceptors (Lipinski definition) is 7. The molecule has 0 bridgehead atoms. The van der Waals surface area contributed by atoms with Crippen molar-refractivity contribution in [1.29, 1.82) is 0 Å². The quantitative estimate of drug-likeness (QED) is 0.284. The number of ketones is 1. The molecule has 1 fully saturated rings. The van der Waals surface area contributed by atoms with E-state index in [0.29, 0.717) is 80.0 Å². The summed E-state index contributed by atoms with van der Waals surface area (Å²) < 4.78 is 42.1. The van der Waals surface area contributed by atoms with Crippen LogP contribution in [-0.4, -0.2) is 62.0 Å². The zero-order valence-corrected chi connectivity index (χ0v) is 23.3. The van der Waals surface area contributed by atoms with Crippen LogP contribution < -0.4 is 4.74 Å². The van der Waals surface area contributed by atoms with Crippen LogP contribution in [0.4, 0.5) is 8.78 Å². The van der Waals surface area contributed by atoms with E-state index in [1.165, 1.54) is 6.07 Å². The number of halogens is 2. The van der Waals surface area contributed by atoms with Crippen LogP contribution in [0.15, 0.2) is 42.7 Å². The average molecular weight is 576 g/mol. The lowest BCUT2D eigenvalue weighted by molar-refractivity contribution is -0.117. The molecule has 0 spiro atoms. The molecule has 9 nitrogen and oxygen atoms in total. The van der Waals surface area contributed by atoms with Crippen molar-refractivity contribution < 1.29 is 27.8 Å². The number of carbonyl (C=O) groups is 2. The molecule has 0 radical (unpaired) electrons. The van der Waals surface area contributed by atoms with Gasteiger partial charge in [-0.15, -0.1) is 0 Å². The Labute approximate surface area is 241 Å². The number of Topliss-reactive ketones (excluding diaryl/α,β-unsaturated/α-hetero) is 1. The molecule has 0 aliphatic carbocycles. The zero-order valence-electron chi connectivity index (χ0n) is 23.3. The molecule has 5 heterocycles. The molecular weight excluding hydrogens is 544 g/mol. The molecule has 6 rings (SSSR count). The minimum atomic E-state index is -0.784. The highest BCUT2D eigenvalue weighted by Crippen LogP contribution is 2.31. The maximum absolute atomic E-state index is 14.9. The summed E-state index contributed by atoms with van der Waals surface area (Å²) in [5.74, 6) is -1.65. The van der Waals surface area contributed by atoms with Crippen molar-refractivity contribution in [3.8, 4) is 17.0 Å². The van der Waals surface area contributed by atoms with E-state index in [0.717, 1.165) is 18.2 Å². The van der Waals surface area contributed by atoms with Crippen LogP contribution in [0.25, 0.3) is 16.9 Å². The number of hydrogen-bond donors (Lipinski definition) is 0. The molecule has 4 aromatic rings.